The van der Waals surface area contributed by atoms with Crippen LogP contribution < -0.4 is 0 Å². The molecule has 1 aromatic heterocycles. The number of carbonyl (C=O) groups is 1. The molecule has 0 saturated heterocycles. The second kappa shape index (κ2) is 6.09. The fraction of sp³-hybridized carbons (Fsp3) is 0.267. The first-order valence-electron chi connectivity index (χ1n) is 6.22. The van der Waals surface area contributed by atoms with Crippen molar-refractivity contribution in [1.82, 2.24) is 4.90 Å². The largest absolute Gasteiger partial charge is 0.467 e. The van der Waals surface area contributed by atoms with E-state index in [1.807, 2.05) is 6.92 Å². The lowest BCUT2D eigenvalue weighted by Crippen LogP contribution is -2.31. The van der Waals surface area contributed by atoms with Crippen LogP contribution in [0.15, 0.2) is 41.0 Å². The molecule has 0 bridgehead atoms. The molecule has 2 rings (SSSR count). The van der Waals surface area contributed by atoms with E-state index in [9.17, 15) is 9.18 Å². The number of halogens is 2. The third kappa shape index (κ3) is 3.02. The summed E-state index contributed by atoms with van der Waals surface area (Å²) in [5, 5.41) is 0.261. The lowest BCUT2D eigenvalue weighted by atomic mass is 10.1. The Kier molecular flexibility index (Phi) is 4.45. The van der Waals surface area contributed by atoms with Gasteiger partial charge in [-0.2, -0.15) is 0 Å². The number of amides is 1. The van der Waals surface area contributed by atoms with Crippen molar-refractivity contribution in [2.45, 2.75) is 19.4 Å². The minimum absolute atomic E-state index is 0.0763. The number of nitrogens with zero attached hydrogens (tertiary/aromatic N) is 1. The van der Waals surface area contributed by atoms with Crippen LogP contribution in [0.1, 0.15) is 24.3 Å². The molecule has 0 spiro atoms. The smallest absolute Gasteiger partial charge is 0.227 e. The Labute approximate surface area is 121 Å². The van der Waals surface area contributed by atoms with Gasteiger partial charge < -0.3 is 9.32 Å². The molecule has 20 heavy (non-hydrogen) atoms. The number of carbonyl (C=O) groups excluding carboxylic acids is 1. The minimum atomic E-state index is -0.468. The van der Waals surface area contributed by atoms with Gasteiger partial charge in [0.2, 0.25) is 5.91 Å². The molecule has 0 saturated carbocycles. The van der Waals surface area contributed by atoms with E-state index in [2.05, 4.69) is 0 Å². The van der Waals surface area contributed by atoms with Crippen LogP contribution in [0.5, 0.6) is 0 Å². The Hall–Kier alpha value is -1.81. The number of furan rings is 1. The Balaban J connectivity index is 2.12. The quantitative estimate of drug-likeness (QED) is 0.859. The van der Waals surface area contributed by atoms with Gasteiger partial charge in [-0.05, 0) is 31.2 Å². The highest BCUT2D eigenvalue weighted by atomic mass is 35.5. The fourth-order valence-corrected chi connectivity index (χ4v) is 2.14. The summed E-state index contributed by atoms with van der Waals surface area (Å²) in [6.45, 7) is 1.85. The Bertz CT molecular complexity index is 578. The van der Waals surface area contributed by atoms with E-state index in [0.717, 1.165) is 0 Å². The summed E-state index contributed by atoms with van der Waals surface area (Å²) in [6.07, 6.45) is 1.48. The monoisotopic (exact) mass is 295 g/mol. The molecule has 1 unspecified atom stereocenters. The van der Waals surface area contributed by atoms with Crippen molar-refractivity contribution < 1.29 is 13.6 Å². The zero-order chi connectivity index (χ0) is 14.7. The van der Waals surface area contributed by atoms with Crippen molar-refractivity contribution in [1.29, 1.82) is 0 Å². The summed E-state index contributed by atoms with van der Waals surface area (Å²) in [5.74, 6) is -0.00807. The number of hydrogen-bond acceptors (Lipinski definition) is 2. The highest BCUT2D eigenvalue weighted by Crippen LogP contribution is 2.23. The molecule has 1 atom stereocenters. The first-order valence-corrected chi connectivity index (χ1v) is 6.60. The molecule has 1 heterocycles. The summed E-state index contributed by atoms with van der Waals surface area (Å²) < 4.78 is 18.9. The van der Waals surface area contributed by atoms with E-state index in [-0.39, 0.29) is 29.0 Å². The van der Waals surface area contributed by atoms with Crippen molar-refractivity contribution >= 4 is 17.5 Å². The van der Waals surface area contributed by atoms with E-state index in [1.54, 1.807) is 31.5 Å². The topological polar surface area (TPSA) is 33.5 Å². The molecule has 5 heteroatoms. The van der Waals surface area contributed by atoms with E-state index in [0.29, 0.717) is 5.76 Å². The zero-order valence-electron chi connectivity index (χ0n) is 11.3. The molecule has 1 aromatic carbocycles. The SMILES string of the molecule is CC(c1ccco1)N(C)C(=O)Cc1c(F)cccc1Cl. The second-order valence-corrected chi connectivity index (χ2v) is 4.98. The van der Waals surface area contributed by atoms with E-state index < -0.39 is 5.82 Å². The van der Waals surface area contributed by atoms with Crippen molar-refractivity contribution in [3.05, 3.63) is 58.8 Å². The number of benzene rings is 1. The molecule has 0 N–H and O–H groups in total. The summed E-state index contributed by atoms with van der Waals surface area (Å²) in [5.41, 5.74) is 0.220. The second-order valence-electron chi connectivity index (χ2n) is 4.57. The van der Waals surface area contributed by atoms with E-state index in [1.165, 1.54) is 17.0 Å². The van der Waals surface area contributed by atoms with Crippen LogP contribution >= 0.6 is 11.6 Å². The summed E-state index contributed by atoms with van der Waals surface area (Å²) in [7, 11) is 1.66. The Morgan fingerprint density at radius 2 is 2.15 bits per heavy atom. The Morgan fingerprint density at radius 3 is 2.75 bits per heavy atom. The maximum Gasteiger partial charge on any atom is 0.227 e. The molecule has 0 aliphatic rings. The third-order valence-electron chi connectivity index (χ3n) is 3.32. The van der Waals surface area contributed by atoms with Crippen LogP contribution in [0, 0.1) is 5.82 Å². The molecule has 1 amide bonds. The average Bonchev–Trinajstić information content (AvgIpc) is 2.95. The molecule has 0 aliphatic carbocycles. The number of hydrogen-bond donors (Lipinski definition) is 0. The normalized spacial score (nSPS) is 12.2. The van der Waals surface area contributed by atoms with E-state index in [4.69, 9.17) is 16.0 Å². The van der Waals surface area contributed by atoms with Crippen molar-refractivity contribution in [3.63, 3.8) is 0 Å². The lowest BCUT2D eigenvalue weighted by Gasteiger charge is -2.23. The standard InChI is InChI=1S/C15H15ClFNO2/c1-10(14-7-4-8-20-14)18(2)15(19)9-11-12(16)5-3-6-13(11)17/h3-8,10H,9H2,1-2H3. The van der Waals surface area contributed by atoms with Gasteiger partial charge in [-0.25, -0.2) is 4.39 Å². The summed E-state index contributed by atoms with van der Waals surface area (Å²) in [4.78, 5) is 13.7. The van der Waals surface area contributed by atoms with E-state index >= 15 is 0 Å². The van der Waals surface area contributed by atoms with Gasteiger partial charge in [0.05, 0.1) is 18.7 Å². The van der Waals surface area contributed by atoms with Gasteiger partial charge in [-0.15, -0.1) is 0 Å². The molecule has 0 radical (unpaired) electrons. The third-order valence-corrected chi connectivity index (χ3v) is 3.67. The zero-order valence-corrected chi connectivity index (χ0v) is 12.0. The highest BCUT2D eigenvalue weighted by molar-refractivity contribution is 6.31. The van der Waals surface area contributed by atoms with Crippen LogP contribution in [-0.4, -0.2) is 17.9 Å². The van der Waals surface area contributed by atoms with Crippen molar-refractivity contribution in [2.24, 2.45) is 0 Å². The molecule has 0 fully saturated rings. The predicted molar refractivity (Wildman–Crippen MR) is 75.0 cm³/mol. The van der Waals surface area contributed by atoms with Crippen LogP contribution in [0.3, 0.4) is 0 Å². The fourth-order valence-electron chi connectivity index (χ4n) is 1.91. The van der Waals surface area contributed by atoms with Crippen LogP contribution in [-0.2, 0) is 11.2 Å². The molecule has 3 nitrogen and oxygen atoms in total. The van der Waals surface area contributed by atoms with Gasteiger partial charge in [-0.3, -0.25) is 4.79 Å². The first kappa shape index (κ1) is 14.6. The Morgan fingerprint density at radius 1 is 1.40 bits per heavy atom. The minimum Gasteiger partial charge on any atom is -0.467 e. The van der Waals surface area contributed by atoms with Gasteiger partial charge in [0, 0.05) is 17.6 Å². The molecule has 2 aromatic rings. The van der Waals surface area contributed by atoms with Gasteiger partial charge in [0.15, 0.2) is 0 Å². The maximum absolute atomic E-state index is 13.7. The maximum atomic E-state index is 13.7. The molecular weight excluding hydrogens is 281 g/mol. The van der Waals surface area contributed by atoms with Crippen molar-refractivity contribution in [3.8, 4) is 0 Å². The van der Waals surface area contributed by atoms with Gasteiger partial charge in [-0.1, -0.05) is 17.7 Å². The lowest BCUT2D eigenvalue weighted by molar-refractivity contribution is -0.131. The van der Waals surface area contributed by atoms with Crippen LogP contribution in [0.2, 0.25) is 5.02 Å². The summed E-state index contributed by atoms with van der Waals surface area (Å²) in [6, 6.07) is 7.72. The van der Waals surface area contributed by atoms with Gasteiger partial charge >= 0.3 is 0 Å². The predicted octanol–water partition coefficient (Wildman–Crippen LogP) is 3.83. The molecular formula is C15H15ClFNO2. The number of likely N-dealkylation sites (N-methyl/N-ethyl adjacent to an activating group) is 1. The molecule has 106 valence electrons. The van der Waals surface area contributed by atoms with Crippen molar-refractivity contribution in [2.75, 3.05) is 7.05 Å². The van der Waals surface area contributed by atoms with Crippen LogP contribution in [0.4, 0.5) is 4.39 Å². The van der Waals surface area contributed by atoms with Gasteiger partial charge in [0.1, 0.15) is 11.6 Å². The van der Waals surface area contributed by atoms with Gasteiger partial charge in [0.25, 0.3) is 0 Å². The van der Waals surface area contributed by atoms with Crippen LogP contribution in [0.25, 0.3) is 0 Å². The molecule has 0 aliphatic heterocycles. The summed E-state index contributed by atoms with van der Waals surface area (Å²) >= 11 is 5.93. The average molecular weight is 296 g/mol. The number of rotatable bonds is 4. The first-order chi connectivity index (χ1) is 9.50. The highest BCUT2D eigenvalue weighted by Gasteiger charge is 2.21.